The molecule has 1 aromatic carbocycles. The monoisotopic (exact) mass is 380 g/mol. The van der Waals surface area contributed by atoms with E-state index in [9.17, 15) is 13.2 Å². The lowest BCUT2D eigenvalue weighted by molar-refractivity contribution is -0.116. The lowest BCUT2D eigenvalue weighted by Crippen LogP contribution is -2.23. The van der Waals surface area contributed by atoms with Crippen molar-refractivity contribution in [3.63, 3.8) is 0 Å². The molecule has 0 unspecified atom stereocenters. The molecule has 26 heavy (non-hydrogen) atoms. The third-order valence-electron chi connectivity index (χ3n) is 4.09. The van der Waals surface area contributed by atoms with Crippen molar-refractivity contribution < 1.29 is 17.9 Å². The quantitative estimate of drug-likeness (QED) is 0.763. The number of carbonyl (C=O) groups excluding carboxylic acids is 1. The number of anilines is 1. The van der Waals surface area contributed by atoms with Gasteiger partial charge < -0.3 is 10.1 Å². The van der Waals surface area contributed by atoms with Crippen molar-refractivity contribution in [1.82, 2.24) is 14.5 Å². The molecule has 0 fully saturated rings. The van der Waals surface area contributed by atoms with E-state index >= 15 is 0 Å². The van der Waals surface area contributed by atoms with Gasteiger partial charge in [0.2, 0.25) is 15.9 Å². The molecule has 9 heteroatoms. The molecule has 2 N–H and O–H groups in total. The van der Waals surface area contributed by atoms with Crippen LogP contribution in [0.1, 0.15) is 23.4 Å². The molecule has 8 nitrogen and oxygen atoms in total. The van der Waals surface area contributed by atoms with Gasteiger partial charge in [-0.3, -0.25) is 9.89 Å². The summed E-state index contributed by atoms with van der Waals surface area (Å²) in [7, 11) is 0.589. The number of nitrogens with zero attached hydrogens (tertiary/aromatic N) is 2. The van der Waals surface area contributed by atoms with Crippen LogP contribution in [0.2, 0.25) is 0 Å². The van der Waals surface area contributed by atoms with Crippen LogP contribution in [0.25, 0.3) is 0 Å². The van der Waals surface area contributed by atoms with Crippen molar-refractivity contribution >= 4 is 21.6 Å². The summed E-state index contributed by atoms with van der Waals surface area (Å²) in [6.45, 7) is 3.80. The van der Waals surface area contributed by atoms with E-state index in [1.807, 2.05) is 13.8 Å². The van der Waals surface area contributed by atoms with Crippen molar-refractivity contribution in [3.8, 4) is 5.75 Å². The minimum Gasteiger partial charge on any atom is -0.495 e. The third kappa shape index (κ3) is 4.23. The number of sulfonamides is 1. The minimum atomic E-state index is -3.69. The van der Waals surface area contributed by atoms with E-state index in [0.717, 1.165) is 21.3 Å². The number of nitrogens with one attached hydrogen (secondary N) is 2. The molecule has 0 aliphatic heterocycles. The first-order valence-corrected chi connectivity index (χ1v) is 9.51. The molecule has 2 rings (SSSR count). The molecule has 142 valence electrons. The molecule has 0 spiro atoms. The van der Waals surface area contributed by atoms with Crippen LogP contribution in [-0.4, -0.2) is 50.0 Å². The van der Waals surface area contributed by atoms with Gasteiger partial charge in [0.25, 0.3) is 0 Å². The van der Waals surface area contributed by atoms with Gasteiger partial charge in [-0.15, -0.1) is 0 Å². The van der Waals surface area contributed by atoms with Gasteiger partial charge in [0.15, 0.2) is 0 Å². The van der Waals surface area contributed by atoms with Crippen LogP contribution in [0.4, 0.5) is 5.69 Å². The molecule has 1 amide bonds. The number of benzene rings is 1. The minimum absolute atomic E-state index is 0.00400. The number of hydrogen-bond acceptors (Lipinski definition) is 5. The zero-order chi connectivity index (χ0) is 19.5. The van der Waals surface area contributed by atoms with Crippen LogP contribution in [0.3, 0.4) is 0 Å². The van der Waals surface area contributed by atoms with Crippen LogP contribution in [0.5, 0.6) is 5.75 Å². The van der Waals surface area contributed by atoms with Crippen molar-refractivity contribution in [1.29, 1.82) is 0 Å². The molecule has 0 saturated heterocycles. The van der Waals surface area contributed by atoms with Crippen LogP contribution in [0.15, 0.2) is 23.1 Å². The lowest BCUT2D eigenvalue weighted by atomic mass is 10.1. The second-order valence-electron chi connectivity index (χ2n) is 6.11. The molecular formula is C17H24N4O4S. The second kappa shape index (κ2) is 7.88. The van der Waals surface area contributed by atoms with Gasteiger partial charge in [-0.1, -0.05) is 0 Å². The third-order valence-corrected chi connectivity index (χ3v) is 5.93. The molecular weight excluding hydrogens is 356 g/mol. The maximum Gasteiger partial charge on any atom is 0.246 e. The molecule has 0 radical (unpaired) electrons. The topological polar surface area (TPSA) is 104 Å². The van der Waals surface area contributed by atoms with Crippen molar-refractivity contribution in [2.24, 2.45) is 0 Å². The van der Waals surface area contributed by atoms with Gasteiger partial charge in [0, 0.05) is 31.9 Å². The number of ether oxygens (including phenoxy) is 1. The summed E-state index contributed by atoms with van der Waals surface area (Å²) < 4.78 is 31.1. The number of aryl methyl sites for hydroxylation is 2. The fraction of sp³-hybridized carbons (Fsp3) is 0.412. The van der Waals surface area contributed by atoms with Gasteiger partial charge in [0.1, 0.15) is 10.6 Å². The van der Waals surface area contributed by atoms with E-state index in [1.165, 1.54) is 33.3 Å². The first-order chi connectivity index (χ1) is 12.2. The molecule has 1 aromatic heterocycles. The van der Waals surface area contributed by atoms with Crippen LogP contribution in [0, 0.1) is 13.8 Å². The highest BCUT2D eigenvalue weighted by atomic mass is 32.2. The number of amides is 1. The predicted molar refractivity (Wildman–Crippen MR) is 98.9 cm³/mol. The smallest absolute Gasteiger partial charge is 0.246 e. The first-order valence-electron chi connectivity index (χ1n) is 8.07. The highest BCUT2D eigenvalue weighted by Crippen LogP contribution is 2.29. The van der Waals surface area contributed by atoms with Gasteiger partial charge in [0.05, 0.1) is 12.8 Å². The Kier molecular flexibility index (Phi) is 6.04. The number of methoxy groups -OCH3 is 1. The van der Waals surface area contributed by atoms with E-state index in [-0.39, 0.29) is 23.0 Å². The highest BCUT2D eigenvalue weighted by Gasteiger charge is 2.23. The predicted octanol–water partition coefficient (Wildman–Crippen LogP) is 1.86. The Morgan fingerprint density at radius 3 is 2.54 bits per heavy atom. The van der Waals surface area contributed by atoms with Gasteiger partial charge in [-0.2, -0.15) is 5.10 Å². The van der Waals surface area contributed by atoms with Crippen LogP contribution in [-0.2, 0) is 21.2 Å². The standard InChI is InChI=1S/C17H24N4O4S/c1-11-14(12(2)20-19-11)7-9-17(22)18-13-6-8-15(25-5)16(10-13)26(23,24)21(3)4/h6,8,10H,7,9H2,1-5H3,(H,18,22)(H,19,20). The number of aromatic nitrogens is 2. The summed E-state index contributed by atoms with van der Waals surface area (Å²) in [6, 6.07) is 4.54. The summed E-state index contributed by atoms with van der Waals surface area (Å²) in [6.07, 6.45) is 0.821. The van der Waals surface area contributed by atoms with Crippen LogP contribution >= 0.6 is 0 Å². The summed E-state index contributed by atoms with van der Waals surface area (Å²) in [5.74, 6) is 0.0183. The highest BCUT2D eigenvalue weighted by molar-refractivity contribution is 7.89. The zero-order valence-electron chi connectivity index (χ0n) is 15.6. The summed E-state index contributed by atoms with van der Waals surface area (Å²) in [5, 5.41) is 9.74. The molecule has 0 atom stereocenters. The molecule has 0 bridgehead atoms. The Morgan fingerprint density at radius 1 is 1.31 bits per heavy atom. The maximum atomic E-state index is 12.4. The SMILES string of the molecule is COc1ccc(NC(=O)CCc2c(C)n[nH]c2C)cc1S(=O)(=O)N(C)C. The normalized spacial score (nSPS) is 11.6. The Hall–Kier alpha value is -2.39. The summed E-state index contributed by atoms with van der Waals surface area (Å²) in [5.41, 5.74) is 3.24. The van der Waals surface area contributed by atoms with Gasteiger partial charge in [-0.25, -0.2) is 12.7 Å². The largest absolute Gasteiger partial charge is 0.495 e. The van der Waals surface area contributed by atoms with Crippen molar-refractivity contribution in [2.75, 3.05) is 26.5 Å². The molecule has 1 heterocycles. The van der Waals surface area contributed by atoms with E-state index in [1.54, 1.807) is 6.07 Å². The number of carbonyl (C=O) groups is 1. The Morgan fingerprint density at radius 2 is 2.00 bits per heavy atom. The lowest BCUT2D eigenvalue weighted by Gasteiger charge is -2.16. The first kappa shape index (κ1) is 19.9. The molecule has 0 saturated carbocycles. The fourth-order valence-corrected chi connectivity index (χ4v) is 3.63. The van der Waals surface area contributed by atoms with E-state index in [4.69, 9.17) is 4.74 Å². The molecule has 0 aliphatic rings. The Bertz CT molecular complexity index is 884. The summed E-state index contributed by atoms with van der Waals surface area (Å²) in [4.78, 5) is 12.3. The van der Waals surface area contributed by atoms with Gasteiger partial charge in [-0.05, 0) is 44.0 Å². The van der Waals surface area contributed by atoms with E-state index in [0.29, 0.717) is 12.1 Å². The van der Waals surface area contributed by atoms with Gasteiger partial charge >= 0.3 is 0 Å². The summed E-state index contributed by atoms with van der Waals surface area (Å²) >= 11 is 0. The zero-order valence-corrected chi connectivity index (χ0v) is 16.4. The number of rotatable bonds is 7. The fourth-order valence-electron chi connectivity index (χ4n) is 2.56. The number of H-pyrrole nitrogens is 1. The number of hydrogen-bond donors (Lipinski definition) is 2. The van der Waals surface area contributed by atoms with Crippen LogP contribution < -0.4 is 10.1 Å². The second-order valence-corrected chi connectivity index (χ2v) is 8.23. The average molecular weight is 380 g/mol. The molecule has 2 aromatic rings. The number of aromatic amines is 1. The van der Waals surface area contributed by atoms with Crippen molar-refractivity contribution in [2.45, 2.75) is 31.6 Å². The maximum absolute atomic E-state index is 12.4. The Balaban J connectivity index is 2.15. The average Bonchev–Trinajstić information content (AvgIpc) is 2.91. The van der Waals surface area contributed by atoms with E-state index in [2.05, 4.69) is 15.5 Å². The Labute approximate surface area is 153 Å². The molecule has 0 aliphatic carbocycles. The van der Waals surface area contributed by atoms with Crippen molar-refractivity contribution in [3.05, 3.63) is 35.2 Å². The van der Waals surface area contributed by atoms with E-state index < -0.39 is 10.0 Å².